The Bertz CT molecular complexity index is 131. The SMILES string of the molecule is NS1=CCNC1=O. The van der Waals surface area contributed by atoms with Gasteiger partial charge >= 0.3 is 0 Å². The van der Waals surface area contributed by atoms with Crippen molar-refractivity contribution < 1.29 is 4.79 Å². The summed E-state index contributed by atoms with van der Waals surface area (Å²) < 4.78 is 0. The smallest absolute Gasteiger partial charge is 0.286 e. The van der Waals surface area contributed by atoms with Crippen LogP contribution < -0.4 is 10.5 Å². The predicted molar refractivity (Wildman–Crippen MR) is 31.2 cm³/mol. The molecule has 3 nitrogen and oxygen atoms in total. The van der Waals surface area contributed by atoms with Crippen molar-refractivity contribution in [3.63, 3.8) is 0 Å². The number of hydrogen-bond donors (Lipinski definition) is 2. The largest absolute Gasteiger partial charge is 0.342 e. The van der Waals surface area contributed by atoms with Gasteiger partial charge in [0.05, 0.1) is 0 Å². The standard InChI is InChI=1S/C3H6N2OS/c4-7-2-1-5-3(7)6/h2H,1,4H2,(H,5,6). The van der Waals surface area contributed by atoms with Crippen molar-refractivity contribution in [2.75, 3.05) is 6.54 Å². The fourth-order valence-corrected chi connectivity index (χ4v) is 1.04. The predicted octanol–water partition coefficient (Wildman–Crippen LogP) is -0.346. The zero-order valence-corrected chi connectivity index (χ0v) is 4.49. The Morgan fingerprint density at radius 1 is 2.00 bits per heavy atom. The van der Waals surface area contributed by atoms with Crippen LogP contribution >= 0.6 is 10.7 Å². The van der Waals surface area contributed by atoms with Crippen molar-refractivity contribution in [3.05, 3.63) is 0 Å². The lowest BCUT2D eigenvalue weighted by Gasteiger charge is -1.86. The van der Waals surface area contributed by atoms with Gasteiger partial charge in [-0.15, -0.1) is 0 Å². The van der Waals surface area contributed by atoms with Crippen molar-refractivity contribution in [1.82, 2.24) is 5.32 Å². The van der Waals surface area contributed by atoms with Gasteiger partial charge in [-0.1, -0.05) is 0 Å². The summed E-state index contributed by atoms with van der Waals surface area (Å²) in [5, 5.41) is 9.53. The third-order valence-corrected chi connectivity index (χ3v) is 1.82. The number of amides is 1. The molecule has 0 aromatic carbocycles. The molecule has 1 unspecified atom stereocenters. The maximum absolute atomic E-state index is 10.3. The average Bonchev–Trinajstić information content (AvgIpc) is 1.91. The number of carbonyl (C=O) groups excluding carboxylic acids is 1. The molecule has 0 radical (unpaired) electrons. The highest BCUT2D eigenvalue weighted by Crippen LogP contribution is 2.03. The highest BCUT2D eigenvalue weighted by atomic mass is 32.2. The summed E-state index contributed by atoms with van der Waals surface area (Å²) in [5.74, 6) is 0. The molecule has 0 aliphatic carbocycles. The van der Waals surface area contributed by atoms with E-state index in [4.69, 9.17) is 5.14 Å². The summed E-state index contributed by atoms with van der Waals surface area (Å²) in [4.78, 5) is 10.3. The minimum absolute atomic E-state index is 0.0417. The van der Waals surface area contributed by atoms with Crippen LogP contribution in [0, 0.1) is 0 Å². The van der Waals surface area contributed by atoms with Crippen LogP contribution in [0.2, 0.25) is 0 Å². The Hall–Kier alpha value is -0.350. The van der Waals surface area contributed by atoms with E-state index in [9.17, 15) is 4.79 Å². The van der Waals surface area contributed by atoms with Gasteiger partial charge in [0.25, 0.3) is 5.24 Å². The van der Waals surface area contributed by atoms with Crippen molar-refractivity contribution >= 4 is 21.3 Å². The molecule has 4 heteroatoms. The van der Waals surface area contributed by atoms with Crippen molar-refractivity contribution in [2.45, 2.75) is 0 Å². The molecule has 0 aromatic rings. The second kappa shape index (κ2) is 1.63. The van der Waals surface area contributed by atoms with Gasteiger partial charge < -0.3 is 5.32 Å². The Kier molecular flexibility index (Phi) is 1.12. The second-order valence-electron chi connectivity index (χ2n) is 1.21. The first-order valence-electron chi connectivity index (χ1n) is 1.89. The monoisotopic (exact) mass is 118 g/mol. The van der Waals surface area contributed by atoms with Crippen LogP contribution in [0.1, 0.15) is 0 Å². The van der Waals surface area contributed by atoms with Crippen LogP contribution in [0.4, 0.5) is 4.79 Å². The van der Waals surface area contributed by atoms with Crippen LogP contribution in [0.5, 0.6) is 0 Å². The molecule has 0 saturated heterocycles. The normalized spacial score (nSPS) is 29.3. The summed E-state index contributed by atoms with van der Waals surface area (Å²) in [6, 6.07) is 0. The lowest BCUT2D eigenvalue weighted by Crippen LogP contribution is -2.14. The summed E-state index contributed by atoms with van der Waals surface area (Å²) in [6.45, 7) is 0.637. The lowest BCUT2D eigenvalue weighted by atomic mass is 10.8. The average molecular weight is 118 g/mol. The van der Waals surface area contributed by atoms with Crippen LogP contribution in [-0.4, -0.2) is 17.2 Å². The molecule has 7 heavy (non-hydrogen) atoms. The second-order valence-corrected chi connectivity index (χ2v) is 2.65. The van der Waals surface area contributed by atoms with E-state index in [2.05, 4.69) is 5.32 Å². The molecule has 1 atom stereocenters. The quantitative estimate of drug-likeness (QED) is 0.427. The third kappa shape index (κ3) is 0.808. The van der Waals surface area contributed by atoms with Gasteiger partial charge in [0.1, 0.15) is 0 Å². The van der Waals surface area contributed by atoms with Crippen LogP contribution in [0.3, 0.4) is 0 Å². The van der Waals surface area contributed by atoms with Crippen LogP contribution in [0.25, 0.3) is 0 Å². The first-order valence-corrected chi connectivity index (χ1v) is 3.24. The van der Waals surface area contributed by atoms with Gasteiger partial charge in [0.2, 0.25) is 0 Å². The van der Waals surface area contributed by atoms with E-state index in [0.29, 0.717) is 6.54 Å². The third-order valence-electron chi connectivity index (χ3n) is 0.723. The van der Waals surface area contributed by atoms with Gasteiger partial charge in [-0.2, -0.15) is 0 Å². The molecule has 1 heterocycles. The Morgan fingerprint density at radius 3 is 2.86 bits per heavy atom. The molecular weight excluding hydrogens is 112 g/mol. The van der Waals surface area contributed by atoms with E-state index in [0.717, 1.165) is 0 Å². The van der Waals surface area contributed by atoms with Crippen LogP contribution in [0.15, 0.2) is 0 Å². The summed E-state index contributed by atoms with van der Waals surface area (Å²) in [6.07, 6.45) is 0. The highest BCUT2D eigenvalue weighted by Gasteiger charge is 2.05. The lowest BCUT2D eigenvalue weighted by molar-refractivity contribution is 0.262. The van der Waals surface area contributed by atoms with E-state index in [1.54, 1.807) is 5.37 Å². The molecule has 1 aliphatic rings. The zero-order valence-electron chi connectivity index (χ0n) is 3.68. The minimum atomic E-state index is -0.593. The van der Waals surface area contributed by atoms with E-state index in [1.807, 2.05) is 0 Å². The zero-order chi connectivity index (χ0) is 5.28. The van der Waals surface area contributed by atoms with E-state index >= 15 is 0 Å². The molecule has 0 aromatic heterocycles. The van der Waals surface area contributed by atoms with Crippen LogP contribution in [-0.2, 0) is 0 Å². The van der Waals surface area contributed by atoms with Gasteiger partial charge in [-0.25, -0.2) is 0 Å². The molecule has 1 aliphatic heterocycles. The Labute approximate surface area is 43.9 Å². The molecule has 3 N–H and O–H groups in total. The first-order chi connectivity index (χ1) is 3.30. The molecule has 0 bridgehead atoms. The minimum Gasteiger partial charge on any atom is -0.342 e. The maximum Gasteiger partial charge on any atom is 0.286 e. The fourth-order valence-electron chi connectivity index (χ4n) is 0.374. The first kappa shape index (κ1) is 4.80. The Balaban J connectivity index is 2.72. The molecular formula is C3H6N2OS. The molecule has 40 valence electrons. The molecule has 1 rings (SSSR count). The van der Waals surface area contributed by atoms with Crippen molar-refractivity contribution in [2.24, 2.45) is 5.14 Å². The fraction of sp³-hybridized carbons (Fsp3) is 0.333. The summed E-state index contributed by atoms with van der Waals surface area (Å²) in [7, 11) is -0.593. The molecule has 0 saturated carbocycles. The number of hydrogen-bond acceptors (Lipinski definition) is 2. The van der Waals surface area contributed by atoms with E-state index < -0.39 is 10.7 Å². The maximum atomic E-state index is 10.3. The van der Waals surface area contributed by atoms with E-state index in [-0.39, 0.29) is 5.24 Å². The summed E-state index contributed by atoms with van der Waals surface area (Å²) in [5.41, 5.74) is 0. The van der Waals surface area contributed by atoms with Gasteiger partial charge in [-0.05, 0) is 16.0 Å². The number of rotatable bonds is 0. The van der Waals surface area contributed by atoms with E-state index in [1.165, 1.54) is 0 Å². The van der Waals surface area contributed by atoms with Gasteiger partial charge in [-0.3, -0.25) is 9.93 Å². The molecule has 0 fully saturated rings. The Morgan fingerprint density at radius 2 is 2.71 bits per heavy atom. The number of nitrogens with one attached hydrogen (secondary N) is 1. The number of nitrogens with two attached hydrogens (primary N) is 1. The molecule has 0 spiro atoms. The summed E-state index contributed by atoms with van der Waals surface area (Å²) >= 11 is 0. The topological polar surface area (TPSA) is 55.1 Å². The van der Waals surface area contributed by atoms with Crippen molar-refractivity contribution in [1.29, 1.82) is 0 Å². The van der Waals surface area contributed by atoms with Gasteiger partial charge in [0, 0.05) is 6.54 Å². The highest BCUT2D eigenvalue weighted by molar-refractivity contribution is 8.26. The number of carbonyl (C=O) groups is 1. The molecule has 1 amide bonds. The van der Waals surface area contributed by atoms with Gasteiger partial charge in [0.15, 0.2) is 0 Å². The van der Waals surface area contributed by atoms with Crippen molar-refractivity contribution in [3.8, 4) is 0 Å².